The number of likely N-dealkylation sites (tertiary alicyclic amines) is 1. The van der Waals surface area contributed by atoms with Gasteiger partial charge in [0.1, 0.15) is 0 Å². The molecule has 0 radical (unpaired) electrons. The van der Waals surface area contributed by atoms with Crippen molar-refractivity contribution in [2.24, 2.45) is 11.8 Å². The van der Waals surface area contributed by atoms with Crippen LogP contribution in [0.2, 0.25) is 0 Å². The Morgan fingerprint density at radius 1 is 1.07 bits per heavy atom. The minimum Gasteiger partial charge on any atom is -0.428 e. The molecule has 1 aliphatic heterocycles. The zero-order valence-electron chi connectivity index (χ0n) is 32.0. The van der Waals surface area contributed by atoms with Gasteiger partial charge >= 0.3 is 12.1 Å². The molecule has 4 N–H and O–H groups in total. The second-order valence-corrected chi connectivity index (χ2v) is 14.6. The number of β-amino-alcohol motifs (C(OH)–C–C–N with tert-alkyl or cyclic N) is 1. The van der Waals surface area contributed by atoms with Crippen molar-refractivity contribution < 1.29 is 33.4 Å². The number of benzene rings is 2. The molecule has 16 heteroatoms. The van der Waals surface area contributed by atoms with Crippen LogP contribution < -0.4 is 16.0 Å². The number of aliphatic hydroxyl groups is 1. The average molecular weight is 768 g/mol. The second-order valence-electron chi connectivity index (χ2n) is 14.6. The molecule has 294 valence electrons. The first kappa shape index (κ1) is 39.5. The summed E-state index contributed by atoms with van der Waals surface area (Å²) in [5.74, 6) is -2.13. The van der Waals surface area contributed by atoms with Crippen molar-refractivity contribution >= 4 is 52.0 Å². The summed E-state index contributed by atoms with van der Waals surface area (Å²) in [6.45, 7) is 12.8. The lowest BCUT2D eigenvalue weighted by molar-refractivity contribution is -0.156. The highest BCUT2D eigenvalue weighted by Gasteiger charge is 2.40. The number of amides is 2. The summed E-state index contributed by atoms with van der Waals surface area (Å²) in [5.41, 5.74) is 3.26. The predicted octanol–water partition coefficient (Wildman–Crippen LogP) is 6.27. The summed E-state index contributed by atoms with van der Waals surface area (Å²) in [4.78, 5) is 51.9. The molecular weight excluding hydrogens is 721 g/mol. The summed E-state index contributed by atoms with van der Waals surface area (Å²) in [6.07, 6.45) is 3.27. The van der Waals surface area contributed by atoms with Gasteiger partial charge in [-0.3, -0.25) is 14.6 Å². The Kier molecular flexibility index (Phi) is 11.8. The fourth-order valence-corrected chi connectivity index (χ4v) is 6.55. The molecule has 0 aliphatic carbocycles. The van der Waals surface area contributed by atoms with Gasteiger partial charge in [-0.1, -0.05) is 64.6 Å². The summed E-state index contributed by atoms with van der Waals surface area (Å²) in [5, 5.41) is 26.9. The Bertz CT molecular complexity index is 2270. The number of esters is 1. The monoisotopic (exact) mass is 767 g/mol. The van der Waals surface area contributed by atoms with Crippen molar-refractivity contribution in [3.63, 3.8) is 0 Å². The van der Waals surface area contributed by atoms with Crippen molar-refractivity contribution in [2.45, 2.75) is 59.1 Å². The molecule has 15 nitrogen and oxygen atoms in total. The molecule has 2 aromatic carbocycles. The Morgan fingerprint density at radius 3 is 2.59 bits per heavy atom. The van der Waals surface area contributed by atoms with Crippen LogP contribution in [0.5, 0.6) is 0 Å². The summed E-state index contributed by atoms with van der Waals surface area (Å²) < 4.78 is 25.1. The van der Waals surface area contributed by atoms with Gasteiger partial charge in [0.15, 0.2) is 11.5 Å². The van der Waals surface area contributed by atoms with Gasteiger partial charge in [0.2, 0.25) is 18.7 Å². The van der Waals surface area contributed by atoms with Crippen molar-refractivity contribution in [3.05, 3.63) is 84.5 Å². The van der Waals surface area contributed by atoms with E-state index in [1.165, 1.54) is 4.90 Å². The van der Waals surface area contributed by atoms with Crippen molar-refractivity contribution in [1.82, 2.24) is 29.5 Å². The maximum atomic E-state index is 13.3. The normalized spacial score (nSPS) is 16.9. The summed E-state index contributed by atoms with van der Waals surface area (Å²) in [7, 11) is 0. The number of carbonyl (C=O) groups is 3. The van der Waals surface area contributed by atoms with Crippen LogP contribution in [0.4, 0.5) is 26.8 Å². The molecule has 0 bridgehead atoms. The average Bonchev–Trinajstić information content (AvgIpc) is 3.60. The molecule has 1 saturated heterocycles. The Labute approximate surface area is 323 Å². The van der Waals surface area contributed by atoms with E-state index >= 15 is 0 Å². The molecule has 0 spiro atoms. The minimum atomic E-state index is -1.26. The molecule has 0 unspecified atom stereocenters. The van der Waals surface area contributed by atoms with Crippen molar-refractivity contribution in [2.75, 3.05) is 42.4 Å². The van der Waals surface area contributed by atoms with Crippen molar-refractivity contribution in [1.29, 1.82) is 0 Å². The van der Waals surface area contributed by atoms with E-state index in [-0.39, 0.29) is 24.3 Å². The molecule has 0 saturated carbocycles. The van der Waals surface area contributed by atoms with Crippen LogP contribution >= 0.6 is 0 Å². The standard InChI is InChI=1S/C40H46FN9O6/c1-23(2)32-20-45-50-34(32)47-37(43-19-28-14-16-49(21-40(28,6)54)39(53)56-22-55-36(52)24(3)4)48-38(50)44-18-27-9-7-8-10-30(27)33-31-12-11-29(46-35(51)25(5)41)17-26(31)13-15-42-33/h7-13,15,17,20,23-24,28,54H,5,14,16,18-19,21-22H2,1-4,6H3,(H,46,51)(H2,43,44,47,48)/t28-,40-/m1/s1. The number of anilines is 3. The molecule has 1 aliphatic rings. The van der Waals surface area contributed by atoms with Gasteiger partial charge in [-0.2, -0.15) is 19.6 Å². The number of piperidine rings is 1. The second kappa shape index (κ2) is 16.7. The number of ether oxygens (including phenoxy) is 2. The molecule has 2 atom stereocenters. The highest BCUT2D eigenvalue weighted by molar-refractivity contribution is 6.04. The molecule has 4 heterocycles. The van der Waals surface area contributed by atoms with E-state index in [1.807, 2.05) is 36.4 Å². The zero-order chi connectivity index (χ0) is 40.1. The molecule has 1 fully saturated rings. The van der Waals surface area contributed by atoms with Gasteiger partial charge in [0, 0.05) is 53.9 Å². The fourth-order valence-electron chi connectivity index (χ4n) is 6.55. The van der Waals surface area contributed by atoms with Crippen LogP contribution in [-0.2, 0) is 25.6 Å². The van der Waals surface area contributed by atoms with E-state index in [4.69, 9.17) is 24.4 Å². The van der Waals surface area contributed by atoms with E-state index in [0.29, 0.717) is 49.3 Å². The highest BCUT2D eigenvalue weighted by atomic mass is 19.1. The third-order valence-corrected chi connectivity index (χ3v) is 9.75. The summed E-state index contributed by atoms with van der Waals surface area (Å²) in [6, 6.07) is 14.9. The number of halogens is 1. The van der Waals surface area contributed by atoms with Crippen LogP contribution in [0.1, 0.15) is 58.1 Å². The third-order valence-electron chi connectivity index (χ3n) is 9.75. The van der Waals surface area contributed by atoms with Crippen molar-refractivity contribution in [3.8, 4) is 11.3 Å². The number of nitrogens with one attached hydrogen (secondary N) is 3. The number of aromatic nitrogens is 5. The molecule has 5 aromatic rings. The van der Waals surface area contributed by atoms with Gasteiger partial charge in [-0.15, -0.1) is 0 Å². The SMILES string of the molecule is C=C(F)C(=O)Nc1ccc2c(-c3ccccc3CNc3nc(NC[C@H]4CCN(C(=O)OCOC(=O)C(C)C)C[C@@]4(C)O)nc4c(C(C)C)cnn34)nccc2c1. The lowest BCUT2D eigenvalue weighted by Crippen LogP contribution is -2.55. The number of fused-ring (bicyclic) bond motifs is 2. The number of hydrogen-bond donors (Lipinski definition) is 4. The van der Waals surface area contributed by atoms with E-state index in [9.17, 15) is 23.9 Å². The van der Waals surface area contributed by atoms with E-state index in [2.05, 4.69) is 41.5 Å². The quantitative estimate of drug-likeness (QED) is 0.0599. The van der Waals surface area contributed by atoms with Gasteiger partial charge in [0.05, 0.1) is 30.0 Å². The number of pyridine rings is 1. The maximum Gasteiger partial charge on any atom is 0.412 e. The molecule has 56 heavy (non-hydrogen) atoms. The zero-order valence-corrected chi connectivity index (χ0v) is 32.0. The van der Waals surface area contributed by atoms with Crippen LogP contribution in [0.15, 0.2) is 73.3 Å². The molecule has 6 rings (SSSR count). The molecule has 3 aromatic heterocycles. The topological polar surface area (TPSA) is 185 Å². The molecular formula is C40H46FN9O6. The van der Waals surface area contributed by atoms with E-state index in [1.54, 1.807) is 49.8 Å². The molecule has 2 amide bonds. The minimum absolute atomic E-state index is 0.0289. The Morgan fingerprint density at radius 2 is 1.86 bits per heavy atom. The number of rotatable bonds is 13. The Balaban J connectivity index is 1.19. The highest BCUT2D eigenvalue weighted by Crippen LogP contribution is 2.32. The smallest absolute Gasteiger partial charge is 0.412 e. The van der Waals surface area contributed by atoms with Gasteiger partial charge in [-0.05, 0) is 48.4 Å². The first-order valence-electron chi connectivity index (χ1n) is 18.4. The number of carbonyl (C=O) groups excluding carboxylic acids is 3. The lowest BCUT2D eigenvalue weighted by atomic mass is 9.82. The van der Waals surface area contributed by atoms with Crippen LogP contribution in [0, 0.1) is 11.8 Å². The number of nitrogens with zero attached hydrogens (tertiary/aromatic N) is 6. The maximum absolute atomic E-state index is 13.3. The Hall–Kier alpha value is -6.16. The first-order valence-corrected chi connectivity index (χ1v) is 18.4. The number of hydrogen-bond acceptors (Lipinski definition) is 12. The largest absolute Gasteiger partial charge is 0.428 e. The van der Waals surface area contributed by atoms with E-state index in [0.717, 1.165) is 33.2 Å². The van der Waals surface area contributed by atoms with Gasteiger partial charge in [-0.25, -0.2) is 9.18 Å². The van der Waals surface area contributed by atoms with Crippen LogP contribution in [-0.4, -0.2) is 84.6 Å². The lowest BCUT2D eigenvalue weighted by Gasteiger charge is -2.42. The van der Waals surface area contributed by atoms with E-state index < -0.39 is 36.2 Å². The predicted molar refractivity (Wildman–Crippen MR) is 209 cm³/mol. The summed E-state index contributed by atoms with van der Waals surface area (Å²) >= 11 is 0. The van der Waals surface area contributed by atoms with Gasteiger partial charge in [0.25, 0.3) is 5.91 Å². The third kappa shape index (κ3) is 8.86. The van der Waals surface area contributed by atoms with Crippen LogP contribution in [0.3, 0.4) is 0 Å². The fraction of sp³-hybridized carbons (Fsp3) is 0.375. The van der Waals surface area contributed by atoms with Crippen LogP contribution in [0.25, 0.3) is 27.7 Å². The first-order chi connectivity index (χ1) is 26.7. The van der Waals surface area contributed by atoms with Gasteiger partial charge < -0.3 is 35.4 Å².